The third-order valence-corrected chi connectivity index (χ3v) is 4.39. The first-order chi connectivity index (χ1) is 9.11. The van der Waals surface area contributed by atoms with Crippen molar-refractivity contribution in [2.45, 2.75) is 58.2 Å². The molecule has 1 unspecified atom stereocenters. The standard InChI is InChI=1S/C14H27N5/c1-4-19-12(8-9-16-19)13(17-15)14(2,3)18-10-6-5-7-11-18/h8-9,13,17H,4-7,10-11,15H2,1-3H3. The lowest BCUT2D eigenvalue weighted by molar-refractivity contribution is 0.0579. The highest BCUT2D eigenvalue weighted by molar-refractivity contribution is 5.13. The lowest BCUT2D eigenvalue weighted by Gasteiger charge is -2.45. The normalized spacial score (nSPS) is 19.6. The molecule has 2 heterocycles. The largest absolute Gasteiger partial charge is 0.296 e. The van der Waals surface area contributed by atoms with Gasteiger partial charge >= 0.3 is 0 Å². The van der Waals surface area contributed by atoms with Crippen LogP contribution in [0.5, 0.6) is 0 Å². The van der Waals surface area contributed by atoms with Crippen LogP contribution in [0.25, 0.3) is 0 Å². The summed E-state index contributed by atoms with van der Waals surface area (Å²) in [5.41, 5.74) is 4.17. The molecule has 1 aliphatic heterocycles. The minimum atomic E-state index is -0.0118. The molecule has 2 rings (SSSR count). The fourth-order valence-electron chi connectivity index (χ4n) is 3.16. The molecule has 5 heteroatoms. The molecule has 1 aliphatic rings. The molecule has 0 amide bonds. The van der Waals surface area contributed by atoms with E-state index in [0.29, 0.717) is 0 Å². The zero-order valence-electron chi connectivity index (χ0n) is 12.4. The van der Waals surface area contributed by atoms with E-state index in [-0.39, 0.29) is 11.6 Å². The van der Waals surface area contributed by atoms with Crippen molar-refractivity contribution in [2.24, 2.45) is 5.84 Å². The Morgan fingerprint density at radius 1 is 1.37 bits per heavy atom. The summed E-state index contributed by atoms with van der Waals surface area (Å²) < 4.78 is 2.02. The molecule has 1 aromatic heterocycles. The summed E-state index contributed by atoms with van der Waals surface area (Å²) in [6.45, 7) is 9.84. The van der Waals surface area contributed by atoms with Crippen molar-refractivity contribution in [3.63, 3.8) is 0 Å². The van der Waals surface area contributed by atoms with E-state index >= 15 is 0 Å². The van der Waals surface area contributed by atoms with Gasteiger partial charge in [0.25, 0.3) is 0 Å². The van der Waals surface area contributed by atoms with Crippen LogP contribution in [0.3, 0.4) is 0 Å². The Morgan fingerprint density at radius 2 is 2.05 bits per heavy atom. The summed E-state index contributed by atoms with van der Waals surface area (Å²) >= 11 is 0. The maximum absolute atomic E-state index is 5.86. The second-order valence-corrected chi connectivity index (χ2v) is 5.87. The lowest BCUT2D eigenvalue weighted by Crippen LogP contribution is -2.56. The first-order valence-corrected chi connectivity index (χ1v) is 7.34. The number of nitrogens with two attached hydrogens (primary N) is 1. The van der Waals surface area contributed by atoms with E-state index < -0.39 is 0 Å². The SMILES string of the molecule is CCn1nccc1C(NN)C(C)(C)N1CCCCC1. The highest BCUT2D eigenvalue weighted by atomic mass is 15.3. The number of nitrogens with zero attached hydrogens (tertiary/aromatic N) is 3. The Bertz CT molecular complexity index is 392. The molecule has 1 atom stereocenters. The van der Waals surface area contributed by atoms with Gasteiger partial charge < -0.3 is 0 Å². The molecule has 0 saturated carbocycles. The molecular formula is C14H27N5. The molecule has 3 N–H and O–H groups in total. The fourth-order valence-corrected chi connectivity index (χ4v) is 3.16. The van der Waals surface area contributed by atoms with Crippen LogP contribution in [0.1, 0.15) is 51.8 Å². The maximum atomic E-state index is 5.86. The average molecular weight is 265 g/mol. The second-order valence-electron chi connectivity index (χ2n) is 5.87. The summed E-state index contributed by atoms with van der Waals surface area (Å²) in [7, 11) is 0. The van der Waals surface area contributed by atoms with Crippen LogP contribution in [0.15, 0.2) is 12.3 Å². The zero-order chi connectivity index (χ0) is 13.9. The van der Waals surface area contributed by atoms with Gasteiger partial charge in [0.05, 0.1) is 11.7 Å². The minimum Gasteiger partial charge on any atom is -0.296 e. The van der Waals surface area contributed by atoms with Gasteiger partial charge in [-0.05, 0) is 52.8 Å². The quantitative estimate of drug-likeness (QED) is 0.628. The minimum absolute atomic E-state index is 0.0118. The van der Waals surface area contributed by atoms with Crippen LogP contribution >= 0.6 is 0 Å². The van der Waals surface area contributed by atoms with E-state index in [9.17, 15) is 0 Å². The molecule has 0 spiro atoms. The van der Waals surface area contributed by atoms with E-state index in [2.05, 4.69) is 42.3 Å². The van der Waals surface area contributed by atoms with Crippen LogP contribution in [-0.2, 0) is 6.54 Å². The smallest absolute Gasteiger partial charge is 0.0807 e. The molecule has 0 radical (unpaired) electrons. The van der Waals surface area contributed by atoms with Gasteiger partial charge in [0.15, 0.2) is 0 Å². The number of likely N-dealkylation sites (tertiary alicyclic amines) is 1. The summed E-state index contributed by atoms with van der Waals surface area (Å²) in [6, 6.07) is 2.16. The Hall–Kier alpha value is -0.910. The first-order valence-electron chi connectivity index (χ1n) is 7.34. The van der Waals surface area contributed by atoms with Gasteiger partial charge in [-0.3, -0.25) is 15.4 Å². The Balaban J connectivity index is 2.24. The Labute approximate surface area is 116 Å². The molecule has 0 aliphatic carbocycles. The number of aryl methyl sites for hydroxylation is 1. The summed E-state index contributed by atoms with van der Waals surface area (Å²) in [5, 5.41) is 4.36. The molecule has 19 heavy (non-hydrogen) atoms. The topological polar surface area (TPSA) is 59.1 Å². The predicted molar refractivity (Wildman–Crippen MR) is 77.5 cm³/mol. The van der Waals surface area contributed by atoms with Crippen LogP contribution in [0.2, 0.25) is 0 Å². The maximum Gasteiger partial charge on any atom is 0.0807 e. The molecule has 0 aromatic carbocycles. The van der Waals surface area contributed by atoms with E-state index in [0.717, 1.165) is 19.6 Å². The van der Waals surface area contributed by atoms with Crippen LogP contribution in [0, 0.1) is 0 Å². The van der Waals surface area contributed by atoms with Gasteiger partial charge in [-0.15, -0.1) is 0 Å². The summed E-state index contributed by atoms with van der Waals surface area (Å²) in [6.07, 6.45) is 5.77. The van der Waals surface area contributed by atoms with Crippen molar-refractivity contribution in [1.29, 1.82) is 0 Å². The van der Waals surface area contributed by atoms with Gasteiger partial charge in [0.2, 0.25) is 0 Å². The van der Waals surface area contributed by atoms with Crippen molar-refractivity contribution < 1.29 is 0 Å². The van der Waals surface area contributed by atoms with E-state index in [4.69, 9.17) is 5.84 Å². The Kier molecular flexibility index (Phi) is 4.60. The summed E-state index contributed by atoms with van der Waals surface area (Å²) in [4.78, 5) is 2.55. The number of hydrogen-bond donors (Lipinski definition) is 2. The third-order valence-electron chi connectivity index (χ3n) is 4.39. The van der Waals surface area contributed by atoms with Crippen LogP contribution in [-0.4, -0.2) is 33.3 Å². The average Bonchev–Trinajstić information content (AvgIpc) is 2.88. The van der Waals surface area contributed by atoms with Crippen molar-refractivity contribution in [2.75, 3.05) is 13.1 Å². The molecule has 0 bridgehead atoms. The van der Waals surface area contributed by atoms with Gasteiger partial charge in [0, 0.05) is 18.3 Å². The van der Waals surface area contributed by atoms with Crippen molar-refractivity contribution in [1.82, 2.24) is 20.1 Å². The molecule has 5 nitrogen and oxygen atoms in total. The molecule has 1 saturated heterocycles. The number of piperidine rings is 1. The zero-order valence-corrected chi connectivity index (χ0v) is 12.4. The third kappa shape index (κ3) is 2.83. The number of hydrogen-bond acceptors (Lipinski definition) is 4. The number of hydrazine groups is 1. The summed E-state index contributed by atoms with van der Waals surface area (Å²) in [5.74, 6) is 5.86. The van der Waals surface area contributed by atoms with Crippen LogP contribution in [0.4, 0.5) is 0 Å². The van der Waals surface area contributed by atoms with E-state index in [1.54, 1.807) is 0 Å². The van der Waals surface area contributed by atoms with E-state index in [1.165, 1.54) is 25.0 Å². The molecule has 1 aromatic rings. The number of rotatable bonds is 5. The first kappa shape index (κ1) is 14.5. The van der Waals surface area contributed by atoms with Gasteiger partial charge in [-0.1, -0.05) is 6.42 Å². The van der Waals surface area contributed by atoms with Crippen molar-refractivity contribution in [3.05, 3.63) is 18.0 Å². The van der Waals surface area contributed by atoms with Gasteiger partial charge in [-0.25, -0.2) is 5.43 Å². The fraction of sp³-hybridized carbons (Fsp3) is 0.786. The van der Waals surface area contributed by atoms with E-state index in [1.807, 2.05) is 10.9 Å². The molecular weight excluding hydrogens is 238 g/mol. The lowest BCUT2D eigenvalue weighted by atomic mass is 9.88. The molecule has 108 valence electrons. The van der Waals surface area contributed by atoms with Crippen molar-refractivity contribution in [3.8, 4) is 0 Å². The molecule has 1 fully saturated rings. The van der Waals surface area contributed by atoms with Gasteiger partial charge in [-0.2, -0.15) is 5.10 Å². The Morgan fingerprint density at radius 3 is 2.63 bits per heavy atom. The predicted octanol–water partition coefficient (Wildman–Crippen LogP) is 1.67. The van der Waals surface area contributed by atoms with Crippen LogP contribution < -0.4 is 11.3 Å². The monoisotopic (exact) mass is 265 g/mol. The highest BCUT2D eigenvalue weighted by Gasteiger charge is 2.37. The van der Waals surface area contributed by atoms with Gasteiger partial charge in [0.1, 0.15) is 0 Å². The highest BCUT2D eigenvalue weighted by Crippen LogP contribution is 2.32. The second kappa shape index (κ2) is 6.03. The van der Waals surface area contributed by atoms with Crippen molar-refractivity contribution >= 4 is 0 Å². The number of aromatic nitrogens is 2. The number of nitrogens with one attached hydrogen (secondary N) is 1.